The third-order valence-corrected chi connectivity index (χ3v) is 8.51. The van der Waals surface area contributed by atoms with Crippen molar-refractivity contribution in [3.05, 3.63) is 167 Å². The molecule has 6 heteroatoms. The van der Waals surface area contributed by atoms with Gasteiger partial charge in [0.1, 0.15) is 0 Å². The van der Waals surface area contributed by atoms with Crippen LogP contribution in [0.15, 0.2) is 166 Å². The molecule has 0 aromatic carbocycles. The molecule has 0 N–H and O–H groups in total. The Morgan fingerprint density at radius 1 is 1.12 bits per heavy atom. The van der Waals surface area contributed by atoms with Gasteiger partial charge in [0.2, 0.25) is 0 Å². The maximum Gasteiger partial charge on any atom is 0.0727 e. The number of nitrogens with zero attached hydrogens (tertiary/aromatic N) is 6. The van der Waals surface area contributed by atoms with E-state index in [0.29, 0.717) is 0 Å². The fraction of sp³-hybridized carbons (Fsp3) is 0.256. The average Bonchev–Trinajstić information content (AvgIpc) is 3.52. The van der Waals surface area contributed by atoms with Gasteiger partial charge < -0.3 is 9.80 Å². The molecule has 2 aliphatic heterocycles. The first kappa shape index (κ1) is 36.5. The van der Waals surface area contributed by atoms with E-state index < -0.39 is 0 Å². The van der Waals surface area contributed by atoms with Crippen molar-refractivity contribution in [2.24, 2.45) is 9.98 Å². The Bertz CT molecular complexity index is 1840. The van der Waals surface area contributed by atoms with E-state index >= 15 is 0 Å². The average molecular weight is 651 g/mol. The van der Waals surface area contributed by atoms with Crippen LogP contribution in [0.5, 0.6) is 0 Å². The van der Waals surface area contributed by atoms with Crippen LogP contribution < -0.4 is 9.80 Å². The van der Waals surface area contributed by atoms with Crippen LogP contribution in [-0.4, -0.2) is 28.9 Å². The number of hydrogen-bond acceptors (Lipinski definition) is 6. The molecule has 5 rings (SSSR count). The van der Waals surface area contributed by atoms with Crippen LogP contribution in [0.4, 0.5) is 11.4 Å². The molecule has 49 heavy (non-hydrogen) atoms. The number of allylic oxidation sites excluding steroid dienone is 11. The number of hydrogen-bond donors (Lipinski definition) is 0. The van der Waals surface area contributed by atoms with E-state index in [1.54, 1.807) is 6.20 Å². The van der Waals surface area contributed by atoms with Gasteiger partial charge in [-0.3, -0.25) is 20.0 Å². The van der Waals surface area contributed by atoms with E-state index in [4.69, 9.17) is 0 Å². The summed E-state index contributed by atoms with van der Waals surface area (Å²) in [4.78, 5) is 21.8. The Kier molecular flexibility index (Phi) is 13.2. The molecule has 2 bridgehead atoms. The Hall–Kier alpha value is -5.36. The zero-order chi connectivity index (χ0) is 35.3. The smallest absolute Gasteiger partial charge is 0.0727 e. The van der Waals surface area contributed by atoms with E-state index in [1.165, 1.54) is 22.5 Å². The summed E-state index contributed by atoms with van der Waals surface area (Å²) in [7, 11) is 0. The fourth-order valence-corrected chi connectivity index (χ4v) is 6.15. The summed E-state index contributed by atoms with van der Waals surface area (Å²) < 4.78 is 0. The van der Waals surface area contributed by atoms with Gasteiger partial charge in [-0.1, -0.05) is 64.7 Å². The number of aryl methyl sites for hydroxylation is 1. The van der Waals surface area contributed by atoms with Crippen molar-refractivity contribution in [1.29, 1.82) is 0 Å². The van der Waals surface area contributed by atoms with Gasteiger partial charge in [0.25, 0.3) is 0 Å². The highest BCUT2D eigenvalue weighted by Gasteiger charge is 2.26. The van der Waals surface area contributed by atoms with E-state index in [2.05, 4.69) is 126 Å². The van der Waals surface area contributed by atoms with Crippen LogP contribution in [0, 0.1) is 6.92 Å². The predicted molar refractivity (Wildman–Crippen MR) is 211 cm³/mol. The van der Waals surface area contributed by atoms with Crippen LogP contribution in [0.3, 0.4) is 0 Å². The standard InChI is InChI=1S/C41H44N6.C2H6/c1-8-9-11-36(14-18-42-7)46(40-16-20-43-26-31(40)4)32(5)22-29(2)33(6)39-13-10-12-37(23-30(39)3)47-38-15-19-44-27-34(25-38)24-35-28-45-21-17-41(35)47;1-2/h10-11,13-23,25-28,38H,5-9,12,24H2,1-4H3;1-2H3/b18-14-,29-22-,36-11?;. The molecule has 0 fully saturated rings. The van der Waals surface area contributed by atoms with Crippen molar-refractivity contribution in [2.75, 3.05) is 9.80 Å². The molecule has 3 aliphatic rings. The Morgan fingerprint density at radius 2 is 1.90 bits per heavy atom. The van der Waals surface area contributed by atoms with E-state index in [1.807, 2.05) is 63.2 Å². The zero-order valence-electron chi connectivity index (χ0n) is 30.0. The third-order valence-electron chi connectivity index (χ3n) is 8.51. The molecule has 252 valence electrons. The normalized spacial score (nSPS) is 17.3. The lowest BCUT2D eigenvalue weighted by molar-refractivity contribution is 0.860. The van der Waals surface area contributed by atoms with Crippen LogP contribution >= 0.6 is 0 Å². The van der Waals surface area contributed by atoms with Gasteiger partial charge >= 0.3 is 0 Å². The van der Waals surface area contributed by atoms with Crippen LogP contribution in [0.1, 0.15) is 65.0 Å². The van der Waals surface area contributed by atoms with E-state index in [-0.39, 0.29) is 6.04 Å². The van der Waals surface area contributed by atoms with Gasteiger partial charge in [-0.05, 0) is 109 Å². The number of aromatic nitrogens is 2. The Morgan fingerprint density at radius 3 is 2.65 bits per heavy atom. The maximum absolute atomic E-state index is 4.58. The summed E-state index contributed by atoms with van der Waals surface area (Å²) >= 11 is 0. The topological polar surface area (TPSA) is 57.0 Å². The molecule has 2 aromatic heterocycles. The highest BCUT2D eigenvalue weighted by molar-refractivity contribution is 5.83. The summed E-state index contributed by atoms with van der Waals surface area (Å²) in [6, 6.07) is 4.20. The summed E-state index contributed by atoms with van der Waals surface area (Å²) in [6.07, 6.45) is 34.2. The first-order valence-electron chi connectivity index (χ1n) is 17.1. The lowest BCUT2D eigenvalue weighted by Crippen LogP contribution is -2.32. The molecule has 2 aromatic rings. The Balaban J connectivity index is 0.00000265. The Labute approximate surface area is 293 Å². The van der Waals surface area contributed by atoms with Gasteiger partial charge in [0.15, 0.2) is 0 Å². The fourth-order valence-electron chi connectivity index (χ4n) is 6.15. The largest absolute Gasteiger partial charge is 0.334 e. The minimum absolute atomic E-state index is 0.0567. The first-order chi connectivity index (χ1) is 23.8. The van der Waals surface area contributed by atoms with Gasteiger partial charge in [0.05, 0.1) is 11.7 Å². The molecule has 0 saturated carbocycles. The molecule has 6 nitrogen and oxygen atoms in total. The molecule has 0 amide bonds. The number of rotatable bonds is 11. The third kappa shape index (κ3) is 8.76. The van der Waals surface area contributed by atoms with Gasteiger partial charge in [-0.2, -0.15) is 0 Å². The van der Waals surface area contributed by atoms with Crippen LogP contribution in [0.25, 0.3) is 0 Å². The number of fused-ring (bicyclic) bond motifs is 2. The number of unbranched alkanes of at least 4 members (excludes halogenated alkanes) is 1. The van der Waals surface area contributed by atoms with Crippen molar-refractivity contribution in [2.45, 2.75) is 73.3 Å². The molecule has 0 saturated heterocycles. The van der Waals surface area contributed by atoms with Crippen molar-refractivity contribution in [3.8, 4) is 0 Å². The van der Waals surface area contributed by atoms with E-state index in [9.17, 15) is 0 Å². The zero-order valence-corrected chi connectivity index (χ0v) is 30.0. The molecule has 0 radical (unpaired) electrons. The molecule has 1 atom stereocenters. The quantitative estimate of drug-likeness (QED) is 0.179. The summed E-state index contributed by atoms with van der Waals surface area (Å²) in [6.45, 7) is 25.3. The summed E-state index contributed by atoms with van der Waals surface area (Å²) in [5.41, 5.74) is 12.9. The van der Waals surface area contributed by atoms with Crippen LogP contribution in [0.2, 0.25) is 0 Å². The molecule has 4 heterocycles. The van der Waals surface area contributed by atoms with Crippen molar-refractivity contribution in [1.82, 2.24) is 9.97 Å². The van der Waals surface area contributed by atoms with Crippen molar-refractivity contribution < 1.29 is 0 Å². The molecular formula is C43H50N6. The second-order valence-electron chi connectivity index (χ2n) is 12.0. The van der Waals surface area contributed by atoms with Gasteiger partial charge in [-0.15, -0.1) is 0 Å². The van der Waals surface area contributed by atoms with Crippen molar-refractivity contribution in [3.63, 3.8) is 0 Å². The summed E-state index contributed by atoms with van der Waals surface area (Å²) in [5.74, 6) is 0. The van der Waals surface area contributed by atoms with E-state index in [0.717, 1.165) is 70.6 Å². The monoisotopic (exact) mass is 650 g/mol. The lowest BCUT2D eigenvalue weighted by atomic mass is 9.95. The molecule has 0 spiro atoms. The number of aliphatic imine (C=N–C) groups is 2. The second kappa shape index (κ2) is 17.7. The number of anilines is 2. The highest BCUT2D eigenvalue weighted by Crippen LogP contribution is 2.37. The minimum Gasteiger partial charge on any atom is -0.334 e. The van der Waals surface area contributed by atoms with Gasteiger partial charge in [0, 0.05) is 79.0 Å². The van der Waals surface area contributed by atoms with Gasteiger partial charge in [-0.25, -0.2) is 0 Å². The molecule has 1 unspecified atom stereocenters. The van der Waals surface area contributed by atoms with Crippen molar-refractivity contribution >= 4 is 24.3 Å². The lowest BCUT2D eigenvalue weighted by Gasteiger charge is -2.32. The molecule has 1 aliphatic carbocycles. The van der Waals surface area contributed by atoms with Crippen LogP contribution in [-0.2, 0) is 6.42 Å². The number of pyridine rings is 2. The summed E-state index contributed by atoms with van der Waals surface area (Å²) in [5, 5.41) is 0. The highest BCUT2D eigenvalue weighted by atomic mass is 15.2. The maximum atomic E-state index is 4.58. The second-order valence-corrected chi connectivity index (χ2v) is 12.0. The predicted octanol–water partition coefficient (Wildman–Crippen LogP) is 10.6. The first-order valence-corrected chi connectivity index (χ1v) is 17.1. The minimum atomic E-state index is 0.0567. The SMILES string of the molecule is C=N/C=C\C(=CCCC)N(C(=C)/C=C(/C)C(=C)C1=C(C)C=C(N2c3ccncc3CC3=CC2C=CN=C3)CC=C1)c1ccncc1C.CC. The molecular weight excluding hydrogens is 601 g/mol.